The van der Waals surface area contributed by atoms with Crippen molar-refractivity contribution < 1.29 is 14.7 Å². The molecule has 0 aromatic heterocycles. The van der Waals surface area contributed by atoms with Crippen LogP contribution in [0.4, 0.5) is 0 Å². The van der Waals surface area contributed by atoms with Crippen molar-refractivity contribution in [2.75, 3.05) is 6.54 Å². The zero-order chi connectivity index (χ0) is 12.3. The average molecular weight is 239 g/mol. The van der Waals surface area contributed by atoms with Crippen LogP contribution in [0.5, 0.6) is 0 Å². The van der Waals surface area contributed by atoms with E-state index in [9.17, 15) is 9.59 Å². The first-order chi connectivity index (χ1) is 8.12. The Bertz CT molecular complexity index is 304. The number of rotatable bonds is 5. The summed E-state index contributed by atoms with van der Waals surface area (Å²) >= 11 is 0. The number of hydrogen-bond donors (Lipinski definition) is 2. The van der Waals surface area contributed by atoms with Gasteiger partial charge in [-0.2, -0.15) is 0 Å². The summed E-state index contributed by atoms with van der Waals surface area (Å²) in [6.45, 7) is 0.313. The molecule has 4 heteroatoms. The van der Waals surface area contributed by atoms with Gasteiger partial charge >= 0.3 is 5.97 Å². The maximum Gasteiger partial charge on any atom is 0.311 e. The van der Waals surface area contributed by atoms with Crippen molar-refractivity contribution >= 4 is 11.9 Å². The Labute approximate surface area is 102 Å². The van der Waals surface area contributed by atoms with E-state index in [1.807, 2.05) is 0 Å². The second kappa shape index (κ2) is 5.07. The molecular formula is C13H21NO3. The van der Waals surface area contributed by atoms with Gasteiger partial charge in [-0.1, -0.05) is 19.3 Å². The smallest absolute Gasteiger partial charge is 0.311 e. The molecule has 2 saturated carbocycles. The number of aliphatic carboxylic acids is 1. The van der Waals surface area contributed by atoms with Crippen molar-refractivity contribution in [2.24, 2.45) is 11.3 Å². The van der Waals surface area contributed by atoms with Crippen molar-refractivity contribution in [1.29, 1.82) is 0 Å². The van der Waals surface area contributed by atoms with E-state index in [0.29, 0.717) is 31.7 Å². The molecule has 0 heterocycles. The predicted octanol–water partition coefficient (Wildman–Crippen LogP) is 1.94. The first-order valence-electron chi connectivity index (χ1n) is 6.62. The van der Waals surface area contributed by atoms with Gasteiger partial charge in [0.25, 0.3) is 0 Å². The monoisotopic (exact) mass is 239 g/mol. The summed E-state index contributed by atoms with van der Waals surface area (Å²) in [4.78, 5) is 22.6. The van der Waals surface area contributed by atoms with E-state index in [1.54, 1.807) is 0 Å². The number of nitrogens with one attached hydrogen (secondary N) is 1. The second-order valence-corrected chi connectivity index (χ2v) is 5.57. The number of carboxylic acid groups (broad SMARTS) is 1. The van der Waals surface area contributed by atoms with Crippen molar-refractivity contribution in [3.63, 3.8) is 0 Å². The van der Waals surface area contributed by atoms with Crippen LogP contribution in [-0.4, -0.2) is 23.5 Å². The molecule has 0 bridgehead atoms. The van der Waals surface area contributed by atoms with Crippen molar-refractivity contribution in [3.05, 3.63) is 0 Å². The lowest BCUT2D eigenvalue weighted by Crippen LogP contribution is -2.35. The van der Waals surface area contributed by atoms with E-state index < -0.39 is 11.4 Å². The number of carboxylic acids is 1. The molecule has 4 nitrogen and oxygen atoms in total. The maximum atomic E-state index is 11.7. The van der Waals surface area contributed by atoms with Crippen molar-refractivity contribution in [1.82, 2.24) is 5.32 Å². The minimum Gasteiger partial charge on any atom is -0.481 e. The molecule has 0 aliphatic heterocycles. The summed E-state index contributed by atoms with van der Waals surface area (Å²) in [7, 11) is 0. The topological polar surface area (TPSA) is 66.4 Å². The molecule has 0 unspecified atom stereocenters. The summed E-state index contributed by atoms with van der Waals surface area (Å²) < 4.78 is 0. The lowest BCUT2D eigenvalue weighted by atomic mass is 9.87. The van der Waals surface area contributed by atoms with E-state index in [2.05, 4.69) is 5.32 Å². The molecule has 2 rings (SSSR count). The maximum absolute atomic E-state index is 11.7. The summed E-state index contributed by atoms with van der Waals surface area (Å²) in [5, 5.41) is 11.8. The first-order valence-corrected chi connectivity index (χ1v) is 6.62. The minimum absolute atomic E-state index is 0.0319. The zero-order valence-electron chi connectivity index (χ0n) is 10.2. The molecule has 0 aromatic rings. The van der Waals surface area contributed by atoms with Gasteiger partial charge in [0.2, 0.25) is 5.91 Å². The van der Waals surface area contributed by atoms with Crippen LogP contribution in [0.1, 0.15) is 51.4 Å². The van der Waals surface area contributed by atoms with Crippen LogP contribution in [0.25, 0.3) is 0 Å². The van der Waals surface area contributed by atoms with Gasteiger partial charge in [0.05, 0.1) is 5.41 Å². The molecule has 0 radical (unpaired) electrons. The quantitative estimate of drug-likeness (QED) is 0.770. The molecular weight excluding hydrogens is 218 g/mol. The second-order valence-electron chi connectivity index (χ2n) is 5.57. The van der Waals surface area contributed by atoms with Crippen LogP contribution >= 0.6 is 0 Å². The first kappa shape index (κ1) is 12.4. The number of carbonyl (C=O) groups excluding carboxylic acids is 1. The molecule has 0 saturated heterocycles. The molecule has 0 spiro atoms. The van der Waals surface area contributed by atoms with Crippen molar-refractivity contribution in [2.45, 2.75) is 51.4 Å². The molecule has 2 N–H and O–H groups in total. The zero-order valence-corrected chi connectivity index (χ0v) is 10.2. The van der Waals surface area contributed by atoms with Gasteiger partial charge in [0, 0.05) is 13.0 Å². The van der Waals surface area contributed by atoms with Crippen LogP contribution in [0.15, 0.2) is 0 Å². The van der Waals surface area contributed by atoms with Gasteiger partial charge in [-0.05, 0) is 31.6 Å². The van der Waals surface area contributed by atoms with Gasteiger partial charge in [-0.3, -0.25) is 9.59 Å². The Morgan fingerprint density at radius 3 is 2.35 bits per heavy atom. The Morgan fingerprint density at radius 2 is 1.82 bits per heavy atom. The minimum atomic E-state index is -0.768. The van der Waals surface area contributed by atoms with E-state index >= 15 is 0 Å². The highest BCUT2D eigenvalue weighted by atomic mass is 16.4. The highest BCUT2D eigenvalue weighted by Gasteiger charge is 2.50. The molecule has 96 valence electrons. The molecule has 0 atom stereocenters. The van der Waals surface area contributed by atoms with Gasteiger partial charge < -0.3 is 10.4 Å². The largest absolute Gasteiger partial charge is 0.481 e. The number of hydrogen-bond acceptors (Lipinski definition) is 2. The molecule has 2 aliphatic carbocycles. The normalized spacial score (nSPS) is 23.1. The highest BCUT2D eigenvalue weighted by Crippen LogP contribution is 2.45. The van der Waals surface area contributed by atoms with E-state index in [1.165, 1.54) is 19.3 Å². The highest BCUT2D eigenvalue weighted by molar-refractivity contribution is 5.81. The molecule has 2 aliphatic rings. The molecule has 1 amide bonds. The van der Waals surface area contributed by atoms with E-state index in [-0.39, 0.29) is 5.91 Å². The predicted molar refractivity (Wildman–Crippen MR) is 63.5 cm³/mol. The van der Waals surface area contributed by atoms with Crippen LogP contribution in [0.3, 0.4) is 0 Å². The number of carbonyl (C=O) groups is 2. The lowest BCUT2D eigenvalue weighted by Gasteiger charge is -2.21. The molecule has 2 fully saturated rings. The van der Waals surface area contributed by atoms with E-state index in [4.69, 9.17) is 5.11 Å². The Hall–Kier alpha value is -1.06. The third-order valence-corrected chi connectivity index (χ3v) is 4.13. The molecule has 0 aromatic carbocycles. The summed E-state index contributed by atoms with van der Waals surface area (Å²) in [6, 6.07) is 0. The SMILES string of the molecule is O=C(CC1CCCCC1)NCC1(C(=O)O)CC1. The Balaban J connectivity index is 1.69. The summed E-state index contributed by atoms with van der Waals surface area (Å²) in [5.41, 5.74) is -0.637. The van der Waals surface area contributed by atoms with E-state index in [0.717, 1.165) is 12.8 Å². The number of amides is 1. The lowest BCUT2D eigenvalue weighted by molar-refractivity contribution is -0.143. The molecule has 17 heavy (non-hydrogen) atoms. The van der Waals surface area contributed by atoms with Gasteiger partial charge in [0.1, 0.15) is 0 Å². The van der Waals surface area contributed by atoms with Crippen LogP contribution < -0.4 is 5.32 Å². The van der Waals surface area contributed by atoms with Gasteiger partial charge in [0.15, 0.2) is 0 Å². The Morgan fingerprint density at radius 1 is 1.18 bits per heavy atom. The Kier molecular flexibility index (Phi) is 3.69. The fourth-order valence-corrected chi connectivity index (χ4v) is 2.61. The van der Waals surface area contributed by atoms with Crippen molar-refractivity contribution in [3.8, 4) is 0 Å². The fourth-order valence-electron chi connectivity index (χ4n) is 2.61. The van der Waals surface area contributed by atoms with Gasteiger partial charge in [-0.25, -0.2) is 0 Å². The van der Waals surface area contributed by atoms with Crippen LogP contribution in [0.2, 0.25) is 0 Å². The third kappa shape index (κ3) is 3.20. The van der Waals surface area contributed by atoms with Crippen LogP contribution in [-0.2, 0) is 9.59 Å². The summed E-state index contributed by atoms with van der Waals surface area (Å²) in [6.07, 6.45) is 8.04. The fraction of sp³-hybridized carbons (Fsp3) is 0.846. The van der Waals surface area contributed by atoms with Crippen LogP contribution in [0, 0.1) is 11.3 Å². The third-order valence-electron chi connectivity index (χ3n) is 4.13. The standard InChI is InChI=1S/C13H21NO3/c15-11(8-10-4-2-1-3-5-10)14-9-13(6-7-13)12(16)17/h10H,1-9H2,(H,14,15)(H,16,17). The van der Waals surface area contributed by atoms with Gasteiger partial charge in [-0.15, -0.1) is 0 Å². The summed E-state index contributed by atoms with van der Waals surface area (Å²) in [5.74, 6) is -0.219. The average Bonchev–Trinajstić information content (AvgIpc) is 3.09.